The number of thioether (sulfide) groups is 1. The highest BCUT2D eigenvalue weighted by molar-refractivity contribution is 9.13. The number of nitrogens with zero attached hydrogens (tertiary/aromatic N) is 1. The first kappa shape index (κ1) is 21.4. The Bertz CT molecular complexity index is 976. The number of amides is 2. The molecule has 1 saturated heterocycles. The summed E-state index contributed by atoms with van der Waals surface area (Å²) >= 11 is 11.0. The molecule has 2 aromatic rings. The first-order valence-corrected chi connectivity index (χ1v) is 11.3. The average molecular weight is 592 g/mol. The van der Waals surface area contributed by atoms with Crippen LogP contribution in [-0.2, 0) is 11.3 Å². The quantitative estimate of drug-likeness (QED) is 0.413. The molecule has 9 heteroatoms. The number of aromatic hydroxyl groups is 1. The number of ether oxygens (including phenoxy) is 1. The molecule has 0 saturated carbocycles. The normalized spacial score (nSPS) is 15.6. The zero-order valence-electron chi connectivity index (χ0n) is 14.5. The molecule has 0 atom stereocenters. The van der Waals surface area contributed by atoms with Crippen molar-refractivity contribution in [1.82, 2.24) is 4.90 Å². The van der Waals surface area contributed by atoms with Crippen molar-refractivity contribution in [2.24, 2.45) is 0 Å². The van der Waals surface area contributed by atoms with Gasteiger partial charge in [0.1, 0.15) is 0 Å². The number of halogens is 3. The second kappa shape index (κ2) is 9.02. The van der Waals surface area contributed by atoms with E-state index in [0.29, 0.717) is 26.0 Å². The molecule has 2 aromatic carbocycles. The summed E-state index contributed by atoms with van der Waals surface area (Å²) in [6.07, 6.45) is 1.61. The molecule has 1 aliphatic heterocycles. The summed E-state index contributed by atoms with van der Waals surface area (Å²) in [5.41, 5.74) is 1.47. The highest BCUT2D eigenvalue weighted by atomic mass is 79.9. The summed E-state index contributed by atoms with van der Waals surface area (Å²) in [7, 11) is 0. The van der Waals surface area contributed by atoms with Gasteiger partial charge in [-0.25, -0.2) is 0 Å². The fourth-order valence-electron chi connectivity index (χ4n) is 2.53. The van der Waals surface area contributed by atoms with Gasteiger partial charge in [0.25, 0.3) is 11.1 Å². The molecule has 0 aromatic heterocycles. The number of hydrogen-bond acceptors (Lipinski definition) is 5. The fourth-order valence-corrected chi connectivity index (χ4v) is 4.47. The van der Waals surface area contributed by atoms with Crippen LogP contribution in [0.5, 0.6) is 11.5 Å². The third kappa shape index (κ3) is 4.48. The lowest BCUT2D eigenvalue weighted by Crippen LogP contribution is -2.27. The smallest absolute Gasteiger partial charge is 0.293 e. The van der Waals surface area contributed by atoms with Gasteiger partial charge in [0, 0.05) is 8.95 Å². The Morgan fingerprint density at radius 2 is 1.82 bits per heavy atom. The molecule has 3 rings (SSSR count). The number of carbonyl (C=O) groups excluding carboxylic acids is 2. The van der Waals surface area contributed by atoms with E-state index in [1.165, 1.54) is 4.90 Å². The molecule has 2 amide bonds. The van der Waals surface area contributed by atoms with Gasteiger partial charge < -0.3 is 9.84 Å². The summed E-state index contributed by atoms with van der Waals surface area (Å²) < 4.78 is 7.34. The number of rotatable bonds is 5. The van der Waals surface area contributed by atoms with Gasteiger partial charge in [0.15, 0.2) is 11.5 Å². The van der Waals surface area contributed by atoms with Crippen molar-refractivity contribution in [3.8, 4) is 11.5 Å². The van der Waals surface area contributed by atoms with Crippen LogP contribution in [0, 0.1) is 0 Å². The van der Waals surface area contributed by atoms with Gasteiger partial charge in [0.2, 0.25) is 0 Å². The fraction of sp³-hybridized carbons (Fsp3) is 0.158. The summed E-state index contributed by atoms with van der Waals surface area (Å²) in [4.78, 5) is 26.7. The zero-order chi connectivity index (χ0) is 20.4. The Hall–Kier alpha value is -1.29. The van der Waals surface area contributed by atoms with Crippen LogP contribution >= 0.6 is 59.6 Å². The number of phenols is 1. The molecule has 5 nitrogen and oxygen atoms in total. The Labute approximate surface area is 191 Å². The van der Waals surface area contributed by atoms with Gasteiger partial charge in [-0.1, -0.05) is 28.1 Å². The Morgan fingerprint density at radius 3 is 2.46 bits per heavy atom. The van der Waals surface area contributed by atoms with Crippen molar-refractivity contribution in [3.63, 3.8) is 0 Å². The SMILES string of the molecule is CCOc1cc(/C=C2\SC(=O)N(Cc3ccc(Br)cc3)C2=O)c(Br)c(Br)c1O. The van der Waals surface area contributed by atoms with E-state index in [2.05, 4.69) is 47.8 Å². The molecular formula is C19H14Br3NO4S. The largest absolute Gasteiger partial charge is 0.503 e. The Balaban J connectivity index is 1.90. The number of benzene rings is 2. The summed E-state index contributed by atoms with van der Waals surface area (Å²) in [6, 6.07) is 9.07. The van der Waals surface area contributed by atoms with E-state index in [4.69, 9.17) is 4.74 Å². The molecule has 1 heterocycles. The van der Waals surface area contributed by atoms with E-state index in [-0.39, 0.29) is 29.2 Å². The molecule has 1 aliphatic rings. The molecule has 0 unspecified atom stereocenters. The van der Waals surface area contributed by atoms with E-state index in [9.17, 15) is 14.7 Å². The molecule has 0 radical (unpaired) electrons. The molecule has 0 spiro atoms. The van der Waals surface area contributed by atoms with Crippen LogP contribution in [0.4, 0.5) is 4.79 Å². The maximum absolute atomic E-state index is 12.8. The van der Waals surface area contributed by atoms with E-state index < -0.39 is 0 Å². The first-order valence-electron chi connectivity index (χ1n) is 8.15. The van der Waals surface area contributed by atoms with Gasteiger partial charge in [0.05, 0.1) is 22.5 Å². The van der Waals surface area contributed by atoms with Crippen molar-refractivity contribution < 1.29 is 19.4 Å². The van der Waals surface area contributed by atoms with Crippen molar-refractivity contribution in [3.05, 3.63) is 59.8 Å². The van der Waals surface area contributed by atoms with Gasteiger partial charge in [-0.3, -0.25) is 14.5 Å². The average Bonchev–Trinajstić information content (AvgIpc) is 2.93. The third-order valence-corrected chi connectivity index (χ3v) is 7.48. The van der Waals surface area contributed by atoms with Gasteiger partial charge in [-0.05, 0) is 85.9 Å². The van der Waals surface area contributed by atoms with Crippen LogP contribution in [0.1, 0.15) is 18.1 Å². The minimum absolute atomic E-state index is 0.0331. The predicted molar refractivity (Wildman–Crippen MR) is 120 cm³/mol. The summed E-state index contributed by atoms with van der Waals surface area (Å²) in [6.45, 7) is 2.40. The lowest BCUT2D eigenvalue weighted by atomic mass is 10.1. The van der Waals surface area contributed by atoms with Crippen molar-refractivity contribution in [2.45, 2.75) is 13.5 Å². The van der Waals surface area contributed by atoms with Crippen LogP contribution in [0.15, 0.2) is 48.7 Å². The van der Waals surface area contributed by atoms with Crippen LogP contribution in [-0.4, -0.2) is 27.8 Å². The number of carbonyl (C=O) groups is 2. The van der Waals surface area contributed by atoms with Crippen LogP contribution in [0.2, 0.25) is 0 Å². The second-order valence-electron chi connectivity index (χ2n) is 5.77. The minimum Gasteiger partial charge on any atom is -0.503 e. The molecule has 1 N–H and O–H groups in total. The summed E-state index contributed by atoms with van der Waals surface area (Å²) in [5, 5.41) is 9.83. The van der Waals surface area contributed by atoms with Crippen LogP contribution in [0.3, 0.4) is 0 Å². The number of imide groups is 1. The molecule has 146 valence electrons. The molecule has 0 aliphatic carbocycles. The Morgan fingerprint density at radius 1 is 1.14 bits per heavy atom. The molecule has 0 bridgehead atoms. The maximum atomic E-state index is 12.8. The highest BCUT2D eigenvalue weighted by Crippen LogP contribution is 2.44. The zero-order valence-corrected chi connectivity index (χ0v) is 20.1. The number of hydrogen-bond donors (Lipinski definition) is 1. The lowest BCUT2D eigenvalue weighted by molar-refractivity contribution is -0.123. The van der Waals surface area contributed by atoms with Gasteiger partial charge >= 0.3 is 0 Å². The van der Waals surface area contributed by atoms with Crippen molar-refractivity contribution in [1.29, 1.82) is 0 Å². The van der Waals surface area contributed by atoms with Crippen LogP contribution < -0.4 is 4.74 Å². The highest BCUT2D eigenvalue weighted by Gasteiger charge is 2.35. The maximum Gasteiger partial charge on any atom is 0.293 e. The van der Waals surface area contributed by atoms with Crippen molar-refractivity contribution >= 4 is 76.8 Å². The summed E-state index contributed by atoms with van der Waals surface area (Å²) in [5.74, 6) is -0.0980. The standard InChI is InChI=1S/C19H14Br3NO4S/c1-2-27-13-7-11(15(21)16(22)17(13)24)8-14-18(25)23(19(26)28-14)9-10-3-5-12(20)6-4-10/h3-8,24H,2,9H2,1H3/b14-8-. The van der Waals surface area contributed by atoms with Gasteiger partial charge in [-0.15, -0.1) is 0 Å². The second-order valence-corrected chi connectivity index (χ2v) is 9.26. The molecule has 28 heavy (non-hydrogen) atoms. The van der Waals surface area contributed by atoms with E-state index in [0.717, 1.165) is 21.8 Å². The minimum atomic E-state index is -0.355. The topological polar surface area (TPSA) is 66.8 Å². The Kier molecular flexibility index (Phi) is 6.90. The van der Waals surface area contributed by atoms with E-state index in [1.807, 2.05) is 31.2 Å². The lowest BCUT2D eigenvalue weighted by Gasteiger charge is -2.13. The molecular weight excluding hydrogens is 578 g/mol. The van der Waals surface area contributed by atoms with E-state index >= 15 is 0 Å². The van der Waals surface area contributed by atoms with Crippen molar-refractivity contribution in [2.75, 3.05) is 6.61 Å². The van der Waals surface area contributed by atoms with E-state index in [1.54, 1.807) is 12.1 Å². The van der Waals surface area contributed by atoms with Gasteiger partial charge in [-0.2, -0.15) is 0 Å². The number of phenolic OH excluding ortho intramolecular Hbond substituents is 1. The monoisotopic (exact) mass is 589 g/mol. The third-order valence-electron chi connectivity index (χ3n) is 3.89. The molecule has 1 fully saturated rings. The van der Waals surface area contributed by atoms with Crippen LogP contribution in [0.25, 0.3) is 6.08 Å². The predicted octanol–water partition coefficient (Wildman–Crippen LogP) is 6.31. The first-order chi connectivity index (χ1) is 13.3.